The van der Waals surface area contributed by atoms with Gasteiger partial charge in [0.2, 0.25) is 0 Å². The number of imide groups is 1. The van der Waals surface area contributed by atoms with Crippen LogP contribution in [0.1, 0.15) is 5.56 Å². The fraction of sp³-hybridized carbons (Fsp3) is 0.0588. The molecule has 1 fully saturated rings. The van der Waals surface area contributed by atoms with E-state index < -0.39 is 0 Å². The molecule has 23 heavy (non-hydrogen) atoms. The fourth-order valence-electron chi connectivity index (χ4n) is 2.11. The molecule has 4 nitrogen and oxygen atoms in total. The molecule has 0 bridgehead atoms. The lowest BCUT2D eigenvalue weighted by Crippen LogP contribution is -2.33. The molecule has 0 aliphatic carbocycles. The normalized spacial score (nSPS) is 16.2. The fourth-order valence-corrected chi connectivity index (χ4v) is 3.15. The molecule has 1 N–H and O–H groups in total. The Kier molecular flexibility index (Phi) is 4.69. The van der Waals surface area contributed by atoms with E-state index in [4.69, 9.17) is 11.6 Å². The molecule has 0 unspecified atom stereocenters. The first kappa shape index (κ1) is 15.6. The summed E-state index contributed by atoms with van der Waals surface area (Å²) in [5.41, 5.74) is 1.57. The highest BCUT2D eigenvalue weighted by Crippen LogP contribution is 2.32. The van der Waals surface area contributed by atoms with E-state index in [1.165, 1.54) is 4.90 Å². The van der Waals surface area contributed by atoms with Gasteiger partial charge in [0.05, 0.1) is 22.3 Å². The molecule has 2 aromatic carbocycles. The van der Waals surface area contributed by atoms with Crippen molar-refractivity contribution in [3.05, 3.63) is 70.1 Å². The molecule has 0 aromatic heterocycles. The summed E-state index contributed by atoms with van der Waals surface area (Å²) in [6, 6.07) is 16.6. The molecule has 6 heteroatoms. The van der Waals surface area contributed by atoms with Gasteiger partial charge in [-0.25, -0.2) is 0 Å². The Morgan fingerprint density at radius 2 is 1.74 bits per heavy atom. The van der Waals surface area contributed by atoms with Crippen LogP contribution in [0.3, 0.4) is 0 Å². The molecule has 2 amide bonds. The number of nitrogens with one attached hydrogen (secondary N) is 1. The highest BCUT2D eigenvalue weighted by atomic mass is 35.5. The molecule has 0 radical (unpaired) electrons. The number of carbonyl (C=O) groups excluding carboxylic acids is 2. The Morgan fingerprint density at radius 3 is 2.48 bits per heavy atom. The van der Waals surface area contributed by atoms with Crippen molar-refractivity contribution in [2.45, 2.75) is 0 Å². The van der Waals surface area contributed by atoms with E-state index in [9.17, 15) is 9.59 Å². The van der Waals surface area contributed by atoms with Gasteiger partial charge in [-0.2, -0.15) is 0 Å². The highest BCUT2D eigenvalue weighted by molar-refractivity contribution is 8.18. The first-order valence-corrected chi connectivity index (χ1v) is 8.13. The van der Waals surface area contributed by atoms with Gasteiger partial charge in [0.1, 0.15) is 0 Å². The summed E-state index contributed by atoms with van der Waals surface area (Å²) in [4.78, 5) is 26.0. The molecule has 1 aliphatic heterocycles. The minimum absolute atomic E-state index is 0.0839. The average Bonchev–Trinajstić information content (AvgIpc) is 2.82. The van der Waals surface area contributed by atoms with E-state index in [0.717, 1.165) is 17.3 Å². The van der Waals surface area contributed by atoms with Crippen LogP contribution in [0.5, 0.6) is 0 Å². The van der Waals surface area contributed by atoms with Crippen LogP contribution in [0.15, 0.2) is 59.5 Å². The van der Waals surface area contributed by atoms with Gasteiger partial charge >= 0.3 is 0 Å². The van der Waals surface area contributed by atoms with E-state index in [-0.39, 0.29) is 17.8 Å². The number of hydrogen-bond acceptors (Lipinski definition) is 4. The number of nitrogens with zero attached hydrogens (tertiary/aromatic N) is 1. The van der Waals surface area contributed by atoms with Gasteiger partial charge in [-0.3, -0.25) is 14.5 Å². The second-order valence-corrected chi connectivity index (χ2v) is 6.24. The zero-order valence-electron chi connectivity index (χ0n) is 12.0. The Hall–Kier alpha value is -2.24. The van der Waals surface area contributed by atoms with Gasteiger partial charge in [-0.15, -0.1) is 0 Å². The second-order valence-electron chi connectivity index (χ2n) is 4.84. The van der Waals surface area contributed by atoms with Crippen molar-refractivity contribution >= 4 is 46.3 Å². The maximum absolute atomic E-state index is 12.4. The van der Waals surface area contributed by atoms with Gasteiger partial charge in [-0.1, -0.05) is 54.1 Å². The Morgan fingerprint density at radius 1 is 1.04 bits per heavy atom. The maximum Gasteiger partial charge on any atom is 0.295 e. The third-order valence-electron chi connectivity index (χ3n) is 3.27. The third kappa shape index (κ3) is 3.57. The largest absolute Gasteiger partial charge is 0.366 e. The molecular weight excluding hydrogens is 332 g/mol. The summed E-state index contributed by atoms with van der Waals surface area (Å²) in [5, 5.41) is 3.26. The molecule has 1 heterocycles. The molecule has 2 aromatic rings. The van der Waals surface area contributed by atoms with Crippen LogP contribution in [-0.2, 0) is 4.79 Å². The van der Waals surface area contributed by atoms with Crippen molar-refractivity contribution in [3.63, 3.8) is 0 Å². The van der Waals surface area contributed by atoms with Crippen LogP contribution >= 0.6 is 23.4 Å². The molecule has 0 atom stereocenters. The second kappa shape index (κ2) is 6.89. The molecule has 3 rings (SSSR count). The third-order valence-corrected chi connectivity index (χ3v) is 4.51. The standard InChI is InChI=1S/C17H13ClN2O2S/c18-13-8-4-5-9-14(13)19-11-20-16(21)15(23-17(20)22)10-12-6-2-1-3-7-12/h1-10,19H,11H2/b15-10-. The summed E-state index contributed by atoms with van der Waals surface area (Å²) in [6.07, 6.45) is 1.72. The number of thioether (sulfide) groups is 1. The molecule has 0 spiro atoms. The van der Waals surface area contributed by atoms with E-state index in [1.807, 2.05) is 42.5 Å². The number of amides is 2. The average molecular weight is 345 g/mol. The highest BCUT2D eigenvalue weighted by Gasteiger charge is 2.34. The predicted octanol–water partition coefficient (Wildman–Crippen LogP) is 4.45. The van der Waals surface area contributed by atoms with Crippen LogP contribution in [0.25, 0.3) is 6.08 Å². The molecule has 1 aliphatic rings. The van der Waals surface area contributed by atoms with Gasteiger partial charge < -0.3 is 5.32 Å². The number of benzene rings is 2. The van der Waals surface area contributed by atoms with E-state index in [1.54, 1.807) is 18.2 Å². The van der Waals surface area contributed by atoms with Crippen LogP contribution in [0.2, 0.25) is 5.02 Å². The van der Waals surface area contributed by atoms with Crippen LogP contribution in [0.4, 0.5) is 10.5 Å². The van der Waals surface area contributed by atoms with Crippen molar-refractivity contribution in [2.24, 2.45) is 0 Å². The Bertz CT molecular complexity index is 777. The minimum Gasteiger partial charge on any atom is -0.366 e. The monoisotopic (exact) mass is 344 g/mol. The number of halogens is 1. The first-order valence-electron chi connectivity index (χ1n) is 6.94. The summed E-state index contributed by atoms with van der Waals surface area (Å²) >= 11 is 6.99. The Labute approximate surface area is 143 Å². The van der Waals surface area contributed by atoms with Crippen molar-refractivity contribution in [2.75, 3.05) is 12.0 Å². The lowest BCUT2D eigenvalue weighted by atomic mass is 10.2. The summed E-state index contributed by atoms with van der Waals surface area (Å²) in [6.45, 7) is 0.0839. The van der Waals surface area contributed by atoms with Crippen molar-refractivity contribution in [3.8, 4) is 0 Å². The lowest BCUT2D eigenvalue weighted by molar-refractivity contribution is -0.122. The predicted molar refractivity (Wildman–Crippen MR) is 94.2 cm³/mol. The van der Waals surface area contributed by atoms with Crippen LogP contribution in [-0.4, -0.2) is 22.7 Å². The van der Waals surface area contributed by atoms with Crippen LogP contribution in [0, 0.1) is 0 Å². The van der Waals surface area contributed by atoms with Crippen molar-refractivity contribution in [1.82, 2.24) is 4.90 Å². The smallest absolute Gasteiger partial charge is 0.295 e. The van der Waals surface area contributed by atoms with Gasteiger partial charge in [0, 0.05) is 0 Å². The van der Waals surface area contributed by atoms with Gasteiger partial charge in [-0.05, 0) is 35.5 Å². The number of anilines is 1. The van der Waals surface area contributed by atoms with Crippen molar-refractivity contribution in [1.29, 1.82) is 0 Å². The molecule has 1 saturated heterocycles. The zero-order chi connectivity index (χ0) is 16.2. The Balaban J connectivity index is 1.72. The zero-order valence-corrected chi connectivity index (χ0v) is 13.6. The molecular formula is C17H13ClN2O2S. The lowest BCUT2D eigenvalue weighted by Gasteiger charge is -2.15. The minimum atomic E-state index is -0.302. The SMILES string of the molecule is O=C1S/C(=C\c2ccccc2)C(=O)N1CNc1ccccc1Cl. The molecule has 116 valence electrons. The van der Waals surface area contributed by atoms with E-state index in [0.29, 0.717) is 15.6 Å². The van der Waals surface area contributed by atoms with Gasteiger partial charge in [0.15, 0.2) is 0 Å². The quantitative estimate of drug-likeness (QED) is 0.833. The number of carbonyl (C=O) groups is 2. The summed E-state index contributed by atoms with van der Waals surface area (Å²) < 4.78 is 0. The van der Waals surface area contributed by atoms with Gasteiger partial charge in [0.25, 0.3) is 11.1 Å². The summed E-state index contributed by atoms with van der Waals surface area (Å²) in [7, 11) is 0. The number of rotatable bonds is 4. The molecule has 0 saturated carbocycles. The van der Waals surface area contributed by atoms with Crippen LogP contribution < -0.4 is 5.32 Å². The van der Waals surface area contributed by atoms with E-state index >= 15 is 0 Å². The first-order chi connectivity index (χ1) is 11.1. The van der Waals surface area contributed by atoms with Crippen molar-refractivity contribution < 1.29 is 9.59 Å². The number of hydrogen-bond donors (Lipinski definition) is 1. The summed E-state index contributed by atoms with van der Waals surface area (Å²) in [5.74, 6) is -0.302. The maximum atomic E-state index is 12.4. The number of para-hydroxylation sites is 1. The topological polar surface area (TPSA) is 49.4 Å². The van der Waals surface area contributed by atoms with E-state index in [2.05, 4.69) is 5.32 Å².